The number of hydrogen-bond acceptors (Lipinski definition) is 2. The van der Waals surface area contributed by atoms with E-state index in [0.29, 0.717) is 5.56 Å². The number of rotatable bonds is 1. The summed E-state index contributed by atoms with van der Waals surface area (Å²) in [6.07, 6.45) is -3.39. The Labute approximate surface area is 178 Å². The Bertz CT molecular complexity index is 1260. The molecular formula is C26H19F3O2. The van der Waals surface area contributed by atoms with Gasteiger partial charge in [0.1, 0.15) is 5.76 Å². The molecule has 0 saturated heterocycles. The summed E-state index contributed by atoms with van der Waals surface area (Å²) >= 11 is 0. The Morgan fingerprint density at radius 1 is 0.742 bits per heavy atom. The Morgan fingerprint density at radius 3 is 1.77 bits per heavy atom. The average Bonchev–Trinajstić information content (AvgIpc) is 2.76. The third-order valence-corrected chi connectivity index (χ3v) is 6.87. The number of alkyl halides is 3. The van der Waals surface area contributed by atoms with Gasteiger partial charge in [-0.1, -0.05) is 86.6 Å². The van der Waals surface area contributed by atoms with Crippen LogP contribution in [0.1, 0.15) is 36.1 Å². The second-order valence-electron chi connectivity index (χ2n) is 8.36. The van der Waals surface area contributed by atoms with Gasteiger partial charge in [-0.3, -0.25) is 0 Å². The fourth-order valence-corrected chi connectivity index (χ4v) is 5.24. The predicted molar refractivity (Wildman–Crippen MR) is 112 cm³/mol. The van der Waals surface area contributed by atoms with Crippen molar-refractivity contribution in [3.05, 3.63) is 101 Å². The lowest BCUT2D eigenvalue weighted by molar-refractivity contribution is -0.192. The Kier molecular flexibility index (Phi) is 4.00. The van der Waals surface area contributed by atoms with Gasteiger partial charge in [-0.05, 0) is 33.9 Å². The number of hydrogen-bond donors (Lipinski definition) is 0. The molecule has 156 valence electrons. The van der Waals surface area contributed by atoms with Crippen LogP contribution in [-0.4, -0.2) is 12.1 Å². The third-order valence-electron chi connectivity index (χ3n) is 6.87. The van der Waals surface area contributed by atoms with Crippen molar-refractivity contribution in [2.45, 2.75) is 30.9 Å². The lowest BCUT2D eigenvalue weighted by atomic mass is 9.49. The van der Waals surface area contributed by atoms with Crippen LogP contribution in [0.2, 0.25) is 0 Å². The van der Waals surface area contributed by atoms with Crippen LogP contribution in [0.5, 0.6) is 0 Å². The van der Waals surface area contributed by atoms with Crippen molar-refractivity contribution in [1.82, 2.24) is 0 Å². The number of allylic oxidation sites excluding steroid dienone is 1. The number of carbonyl (C=O) groups is 1. The van der Waals surface area contributed by atoms with Gasteiger partial charge in [0.25, 0.3) is 0 Å². The molecule has 2 atom stereocenters. The van der Waals surface area contributed by atoms with Crippen LogP contribution in [0, 0.1) is 0 Å². The van der Waals surface area contributed by atoms with Gasteiger partial charge in [0.15, 0.2) is 0 Å². The lowest BCUT2D eigenvalue weighted by Crippen LogP contribution is -2.50. The van der Waals surface area contributed by atoms with E-state index in [4.69, 9.17) is 4.74 Å². The minimum absolute atomic E-state index is 0.0629. The third kappa shape index (κ3) is 2.55. The summed E-state index contributed by atoms with van der Waals surface area (Å²) in [5, 5.41) is 0. The molecule has 0 aromatic heterocycles. The predicted octanol–water partition coefficient (Wildman–Crippen LogP) is 6.39. The van der Waals surface area contributed by atoms with Crippen molar-refractivity contribution in [2.24, 2.45) is 0 Å². The van der Waals surface area contributed by atoms with Gasteiger partial charge in [-0.15, -0.1) is 0 Å². The maximum atomic E-state index is 13.0. The average molecular weight is 420 g/mol. The summed E-state index contributed by atoms with van der Waals surface area (Å²) in [6.45, 7) is 4.11. The normalized spacial score (nSPS) is 23.6. The van der Waals surface area contributed by atoms with Crippen molar-refractivity contribution in [3.63, 3.8) is 0 Å². The van der Waals surface area contributed by atoms with Gasteiger partial charge in [-0.2, -0.15) is 13.2 Å². The maximum Gasteiger partial charge on any atom is 0.491 e. The first-order valence-corrected chi connectivity index (χ1v) is 9.99. The number of halogens is 3. The number of carbonyl (C=O) groups excluding carboxylic acids is 1. The van der Waals surface area contributed by atoms with Crippen LogP contribution in [0.15, 0.2) is 78.9 Å². The topological polar surface area (TPSA) is 26.3 Å². The van der Waals surface area contributed by atoms with E-state index >= 15 is 0 Å². The van der Waals surface area contributed by atoms with E-state index in [2.05, 4.69) is 19.1 Å². The molecule has 5 heteroatoms. The second-order valence-corrected chi connectivity index (χ2v) is 8.36. The van der Waals surface area contributed by atoms with E-state index < -0.39 is 23.0 Å². The van der Waals surface area contributed by atoms with E-state index in [1.165, 1.54) is 0 Å². The largest absolute Gasteiger partial charge is 0.491 e. The highest BCUT2D eigenvalue weighted by atomic mass is 19.4. The molecule has 3 aromatic rings. The highest BCUT2D eigenvalue weighted by molar-refractivity contribution is 5.88. The van der Waals surface area contributed by atoms with E-state index in [0.717, 1.165) is 27.8 Å². The number of benzene rings is 3. The molecule has 0 N–H and O–H groups in total. The SMILES string of the molecule is CC12C=C(OC(=O)C(F)(F)F)c3ccccc3C1(C)c1ccccc1-c1ccccc12. The molecule has 0 heterocycles. The Hall–Kier alpha value is -3.34. The van der Waals surface area contributed by atoms with Gasteiger partial charge < -0.3 is 4.74 Å². The van der Waals surface area contributed by atoms with Gasteiger partial charge in [0.05, 0.1) is 0 Å². The number of esters is 1. The van der Waals surface area contributed by atoms with Crippen LogP contribution in [0.4, 0.5) is 13.2 Å². The molecule has 5 rings (SSSR count). The summed E-state index contributed by atoms with van der Waals surface area (Å²) in [7, 11) is 0. The monoisotopic (exact) mass is 420 g/mol. The molecule has 2 unspecified atom stereocenters. The summed E-state index contributed by atoms with van der Waals surface area (Å²) < 4.78 is 44.0. The van der Waals surface area contributed by atoms with Crippen molar-refractivity contribution in [3.8, 4) is 11.1 Å². The molecule has 0 saturated carbocycles. The molecular weight excluding hydrogens is 401 g/mol. The van der Waals surface area contributed by atoms with Gasteiger partial charge in [-0.25, -0.2) is 4.79 Å². The Morgan fingerprint density at radius 2 is 1.19 bits per heavy atom. The first kappa shape index (κ1) is 19.6. The Balaban J connectivity index is 1.84. The molecule has 0 amide bonds. The lowest BCUT2D eigenvalue weighted by Gasteiger charge is -2.53. The fraction of sp³-hybridized carbons (Fsp3) is 0.192. The number of ether oxygens (including phenoxy) is 1. The van der Waals surface area contributed by atoms with Crippen molar-refractivity contribution < 1.29 is 22.7 Å². The van der Waals surface area contributed by atoms with Gasteiger partial charge in [0.2, 0.25) is 0 Å². The molecule has 31 heavy (non-hydrogen) atoms. The number of fused-ring (bicyclic) bond motifs is 8. The van der Waals surface area contributed by atoms with E-state index in [1.54, 1.807) is 18.2 Å². The summed E-state index contributed by atoms with van der Waals surface area (Å²) in [4.78, 5) is 11.7. The first-order valence-electron chi connectivity index (χ1n) is 9.99. The van der Waals surface area contributed by atoms with Gasteiger partial charge >= 0.3 is 12.1 Å². The molecule has 3 aromatic carbocycles. The fourth-order valence-electron chi connectivity index (χ4n) is 5.24. The summed E-state index contributed by atoms with van der Waals surface area (Å²) in [5.74, 6) is -2.28. The molecule has 2 nitrogen and oxygen atoms in total. The van der Waals surface area contributed by atoms with Crippen molar-refractivity contribution in [1.29, 1.82) is 0 Å². The van der Waals surface area contributed by atoms with E-state index in [9.17, 15) is 18.0 Å². The molecule has 0 radical (unpaired) electrons. The minimum Gasteiger partial charge on any atom is -0.420 e. The van der Waals surface area contributed by atoms with Crippen LogP contribution < -0.4 is 0 Å². The minimum atomic E-state index is -5.07. The van der Waals surface area contributed by atoms with E-state index in [-0.39, 0.29) is 5.76 Å². The molecule has 2 aliphatic rings. The molecule has 2 aliphatic carbocycles. The highest BCUT2D eigenvalue weighted by Crippen LogP contribution is 2.61. The summed E-state index contributed by atoms with van der Waals surface area (Å²) in [6, 6.07) is 23.2. The molecule has 0 bridgehead atoms. The zero-order chi connectivity index (χ0) is 22.0. The van der Waals surface area contributed by atoms with E-state index in [1.807, 2.05) is 55.5 Å². The smallest absolute Gasteiger partial charge is 0.420 e. The zero-order valence-corrected chi connectivity index (χ0v) is 17.0. The quantitative estimate of drug-likeness (QED) is 0.427. The maximum absolute atomic E-state index is 13.0. The van der Waals surface area contributed by atoms with Crippen LogP contribution in [0.3, 0.4) is 0 Å². The van der Waals surface area contributed by atoms with Crippen LogP contribution >= 0.6 is 0 Å². The van der Waals surface area contributed by atoms with Crippen LogP contribution in [0.25, 0.3) is 16.9 Å². The first-order chi connectivity index (χ1) is 14.7. The highest BCUT2D eigenvalue weighted by Gasteiger charge is 2.55. The van der Waals surface area contributed by atoms with Crippen LogP contribution in [-0.2, 0) is 20.4 Å². The zero-order valence-electron chi connectivity index (χ0n) is 17.0. The molecule has 0 aliphatic heterocycles. The molecule has 0 fully saturated rings. The second kappa shape index (κ2) is 6.33. The van der Waals surface area contributed by atoms with Gasteiger partial charge in [0, 0.05) is 16.4 Å². The van der Waals surface area contributed by atoms with Crippen molar-refractivity contribution >= 4 is 11.7 Å². The summed E-state index contributed by atoms with van der Waals surface area (Å²) in [5.41, 5.74) is 4.18. The van der Waals surface area contributed by atoms with Crippen molar-refractivity contribution in [2.75, 3.05) is 0 Å². The molecule has 0 spiro atoms. The standard InChI is InChI=1S/C26H19F3O2/c1-24-15-22(31-23(30)26(27,28)29)18-11-5-8-14-21(18)25(24,2)20-13-7-4-10-17(20)16-9-3-6-12-19(16)24/h3-15H,1-2H3.